The Balaban J connectivity index is 1.38. The molecule has 1 amide bonds. The van der Waals surface area contributed by atoms with Crippen LogP contribution < -0.4 is 14.4 Å². The number of hydrogen-bond donors (Lipinski definition) is 1. The number of ether oxygens (including phenoxy) is 1. The van der Waals surface area contributed by atoms with Gasteiger partial charge in [0.15, 0.2) is 5.78 Å². The van der Waals surface area contributed by atoms with Crippen molar-refractivity contribution in [1.82, 2.24) is 5.32 Å². The second kappa shape index (κ2) is 12.2. The van der Waals surface area contributed by atoms with E-state index in [2.05, 4.69) is 5.32 Å². The Morgan fingerprint density at radius 3 is 1.62 bits per heavy atom. The van der Waals surface area contributed by atoms with Crippen molar-refractivity contribution in [2.24, 2.45) is 0 Å². The van der Waals surface area contributed by atoms with E-state index in [1.807, 2.05) is 109 Å². The van der Waals surface area contributed by atoms with Crippen LogP contribution in [0.2, 0.25) is 0 Å². The van der Waals surface area contributed by atoms with Crippen molar-refractivity contribution in [1.29, 1.82) is 0 Å². The highest BCUT2D eigenvalue weighted by molar-refractivity contribution is 7.55. The van der Waals surface area contributed by atoms with Crippen molar-refractivity contribution >= 4 is 35.2 Å². The van der Waals surface area contributed by atoms with Crippen LogP contribution in [0, 0.1) is 0 Å². The number of carbonyl (C=O) groups is 1. The van der Waals surface area contributed by atoms with E-state index in [0.717, 1.165) is 27.1 Å². The first kappa shape index (κ1) is 27.1. The van der Waals surface area contributed by atoms with Gasteiger partial charge >= 0.3 is 13.7 Å². The standard InChI is InChI=1S/C35H28NO5P/c37-35(39-25-26-11-3-1-4-12-26)36-34(29-15-5-2-6-16-29)42(38,40-32-21-19-27-13-7-9-17-30(27)23-32)41-33-22-20-28-14-8-10-18-31(28)24-33/h1-24,34H,25H2,(H,36,37). The molecule has 42 heavy (non-hydrogen) atoms. The van der Waals surface area contributed by atoms with Gasteiger partial charge in [-0.05, 0) is 56.9 Å². The number of carbonyl (C=O) groups excluding carboxylic acids is 1. The zero-order valence-corrected chi connectivity index (χ0v) is 23.5. The van der Waals surface area contributed by atoms with Gasteiger partial charge in [-0.3, -0.25) is 0 Å². The molecule has 1 unspecified atom stereocenters. The van der Waals surface area contributed by atoms with Crippen LogP contribution in [0.1, 0.15) is 16.9 Å². The predicted molar refractivity (Wildman–Crippen MR) is 166 cm³/mol. The fourth-order valence-corrected chi connectivity index (χ4v) is 6.59. The molecule has 0 aliphatic heterocycles. The molecule has 0 saturated heterocycles. The van der Waals surface area contributed by atoms with Gasteiger partial charge in [0.2, 0.25) is 0 Å². The second-order valence-corrected chi connectivity index (χ2v) is 11.7. The van der Waals surface area contributed by atoms with E-state index in [-0.39, 0.29) is 6.61 Å². The van der Waals surface area contributed by atoms with Crippen LogP contribution in [-0.2, 0) is 15.9 Å². The molecule has 0 aliphatic carbocycles. The van der Waals surface area contributed by atoms with Crippen molar-refractivity contribution in [2.75, 3.05) is 0 Å². The molecule has 6 aromatic rings. The molecule has 6 aromatic carbocycles. The molecule has 0 aromatic heterocycles. The van der Waals surface area contributed by atoms with Crippen molar-refractivity contribution < 1.29 is 23.1 Å². The number of alkyl carbamates (subject to hydrolysis) is 1. The summed E-state index contributed by atoms with van der Waals surface area (Å²) in [6.45, 7) is 0.0511. The molecule has 6 nitrogen and oxygen atoms in total. The Hall–Kier alpha value is -5.06. The van der Waals surface area contributed by atoms with Crippen LogP contribution in [-0.4, -0.2) is 6.09 Å². The van der Waals surface area contributed by atoms with Gasteiger partial charge in [0.25, 0.3) is 0 Å². The smallest absolute Gasteiger partial charge is 0.445 e. The van der Waals surface area contributed by atoms with Crippen LogP contribution >= 0.6 is 7.60 Å². The average Bonchev–Trinajstić information content (AvgIpc) is 3.03. The Labute approximate surface area is 244 Å². The summed E-state index contributed by atoms with van der Waals surface area (Å²) in [5.41, 5.74) is 1.37. The summed E-state index contributed by atoms with van der Waals surface area (Å²) in [5.74, 6) is -0.490. The van der Waals surface area contributed by atoms with Gasteiger partial charge in [-0.2, -0.15) is 0 Å². The van der Waals surface area contributed by atoms with Crippen molar-refractivity contribution in [3.8, 4) is 11.5 Å². The van der Waals surface area contributed by atoms with Crippen LogP contribution in [0.15, 0.2) is 146 Å². The van der Waals surface area contributed by atoms with Gasteiger partial charge in [0.05, 0.1) is 0 Å². The Kier molecular flexibility index (Phi) is 7.89. The first-order valence-electron chi connectivity index (χ1n) is 13.5. The Bertz CT molecular complexity index is 1790. The first-order chi connectivity index (χ1) is 20.6. The number of nitrogens with one attached hydrogen (secondary N) is 1. The van der Waals surface area contributed by atoms with Gasteiger partial charge in [-0.15, -0.1) is 0 Å². The van der Waals surface area contributed by atoms with E-state index in [1.165, 1.54) is 0 Å². The molecule has 7 heteroatoms. The number of benzene rings is 6. The van der Waals surface area contributed by atoms with E-state index in [1.54, 1.807) is 36.4 Å². The minimum absolute atomic E-state index is 0.0511. The largest absolute Gasteiger partial charge is 0.457 e. The third-order valence-corrected chi connectivity index (χ3v) is 8.80. The van der Waals surface area contributed by atoms with E-state index < -0.39 is 19.5 Å². The normalized spacial score (nSPS) is 12.0. The molecular weight excluding hydrogens is 545 g/mol. The zero-order valence-electron chi connectivity index (χ0n) is 22.6. The number of hydrogen-bond acceptors (Lipinski definition) is 5. The van der Waals surface area contributed by atoms with Gasteiger partial charge in [-0.1, -0.05) is 121 Å². The lowest BCUT2D eigenvalue weighted by Crippen LogP contribution is -2.31. The third-order valence-electron chi connectivity index (χ3n) is 6.81. The molecular formula is C35H28NO5P. The summed E-state index contributed by atoms with van der Waals surface area (Å²) >= 11 is 0. The van der Waals surface area contributed by atoms with E-state index >= 15 is 4.57 Å². The SMILES string of the molecule is O=C(NC(c1ccccc1)P(=O)(Oc1ccc2ccccc2c1)Oc1ccc2ccccc2c1)OCc1ccccc1. The minimum atomic E-state index is -4.21. The van der Waals surface area contributed by atoms with Crippen LogP contribution in [0.5, 0.6) is 11.5 Å². The molecule has 6 rings (SSSR count). The molecule has 0 fully saturated rings. The molecule has 0 saturated carbocycles. The molecule has 1 N–H and O–H groups in total. The molecule has 0 aliphatic rings. The van der Waals surface area contributed by atoms with Crippen LogP contribution in [0.25, 0.3) is 21.5 Å². The lowest BCUT2D eigenvalue weighted by molar-refractivity contribution is 0.137. The molecule has 0 spiro atoms. The van der Waals surface area contributed by atoms with Gasteiger partial charge in [0.1, 0.15) is 18.1 Å². The van der Waals surface area contributed by atoms with Gasteiger partial charge in [-0.25, -0.2) is 9.36 Å². The van der Waals surface area contributed by atoms with Gasteiger partial charge in [0, 0.05) is 0 Å². The fourth-order valence-electron chi connectivity index (χ4n) is 4.72. The Morgan fingerprint density at radius 2 is 1.07 bits per heavy atom. The second-order valence-electron chi connectivity index (χ2n) is 9.76. The van der Waals surface area contributed by atoms with Gasteiger partial charge < -0.3 is 19.1 Å². The van der Waals surface area contributed by atoms with Crippen molar-refractivity contribution in [2.45, 2.75) is 12.4 Å². The number of amides is 1. The van der Waals surface area contributed by atoms with E-state index in [0.29, 0.717) is 17.1 Å². The predicted octanol–water partition coefficient (Wildman–Crippen LogP) is 9.27. The topological polar surface area (TPSA) is 73.9 Å². The highest BCUT2D eigenvalue weighted by atomic mass is 31.2. The highest BCUT2D eigenvalue weighted by Gasteiger charge is 2.42. The number of fused-ring (bicyclic) bond motifs is 2. The quantitative estimate of drug-likeness (QED) is 0.175. The summed E-state index contributed by atoms with van der Waals surface area (Å²) in [5, 5.41) is 6.64. The number of rotatable bonds is 9. The highest BCUT2D eigenvalue weighted by Crippen LogP contribution is 2.59. The minimum Gasteiger partial charge on any atom is -0.445 e. The zero-order chi connectivity index (χ0) is 28.8. The first-order valence-corrected chi connectivity index (χ1v) is 15.2. The maximum absolute atomic E-state index is 15.0. The van der Waals surface area contributed by atoms with E-state index in [4.69, 9.17) is 13.8 Å². The monoisotopic (exact) mass is 573 g/mol. The maximum atomic E-state index is 15.0. The van der Waals surface area contributed by atoms with Crippen molar-refractivity contribution in [3.05, 3.63) is 157 Å². The molecule has 0 radical (unpaired) electrons. The Morgan fingerprint density at radius 1 is 0.595 bits per heavy atom. The molecule has 1 atom stereocenters. The summed E-state index contributed by atoms with van der Waals surface area (Å²) in [7, 11) is -4.21. The maximum Gasteiger partial charge on any atom is 0.457 e. The van der Waals surface area contributed by atoms with Crippen molar-refractivity contribution in [3.63, 3.8) is 0 Å². The summed E-state index contributed by atoms with van der Waals surface area (Å²) in [6.07, 6.45) is -0.753. The molecule has 0 bridgehead atoms. The summed E-state index contributed by atoms with van der Waals surface area (Å²) in [4.78, 5) is 13.1. The van der Waals surface area contributed by atoms with E-state index in [9.17, 15) is 4.79 Å². The lowest BCUT2D eigenvalue weighted by atomic mass is 10.1. The fraction of sp³-hybridized carbons (Fsp3) is 0.0571. The molecule has 0 heterocycles. The summed E-state index contributed by atoms with van der Waals surface area (Å²) in [6, 6.07) is 44.8. The summed E-state index contributed by atoms with van der Waals surface area (Å²) < 4.78 is 33.1. The van der Waals surface area contributed by atoms with Crippen LogP contribution in [0.3, 0.4) is 0 Å². The molecule has 208 valence electrons. The lowest BCUT2D eigenvalue weighted by Gasteiger charge is -2.28. The van der Waals surface area contributed by atoms with Crippen LogP contribution in [0.4, 0.5) is 4.79 Å². The third kappa shape index (κ3) is 6.30. The average molecular weight is 574 g/mol.